The number of fused-ring (bicyclic) bond motifs is 1. The third-order valence-corrected chi connectivity index (χ3v) is 5.98. The molecule has 0 saturated carbocycles. The van der Waals surface area contributed by atoms with Crippen LogP contribution < -0.4 is 0 Å². The van der Waals surface area contributed by atoms with Gasteiger partial charge >= 0.3 is 0 Å². The lowest BCUT2D eigenvalue weighted by molar-refractivity contribution is -0.141. The standard InChI is InChI=1S/C21H27N5O2.CH2O2/c1-15-22-23-20-14-25(21(28)18-8-10-24(11-9-18)16(2)27)13-19(26(15)20)12-17-6-4-3-5-7-17;2-1-3/h3-7,18-19H,8-14H2,1-2H3;1H,(H,2,3)/t19-;/m1./s1. The molecule has 4 rings (SSSR count). The summed E-state index contributed by atoms with van der Waals surface area (Å²) in [6.07, 6.45) is 2.33. The summed E-state index contributed by atoms with van der Waals surface area (Å²) in [6, 6.07) is 10.5. The Morgan fingerprint density at radius 3 is 2.39 bits per heavy atom. The molecule has 0 radical (unpaired) electrons. The van der Waals surface area contributed by atoms with Crippen molar-refractivity contribution in [2.24, 2.45) is 5.92 Å². The SMILES string of the molecule is CC(=O)N1CCC(C(=O)N2Cc3nnc(C)n3[C@H](Cc3ccccc3)C2)CC1.O=CO. The van der Waals surface area contributed by atoms with Crippen LogP contribution >= 0.6 is 0 Å². The average molecular weight is 428 g/mol. The second-order valence-electron chi connectivity index (χ2n) is 7.98. The highest BCUT2D eigenvalue weighted by Gasteiger charge is 2.35. The molecule has 31 heavy (non-hydrogen) atoms. The predicted octanol–water partition coefficient (Wildman–Crippen LogP) is 1.67. The molecule has 2 amide bonds. The number of amides is 2. The molecule has 1 fully saturated rings. The highest BCUT2D eigenvalue weighted by Crippen LogP contribution is 2.28. The van der Waals surface area contributed by atoms with E-state index < -0.39 is 0 Å². The van der Waals surface area contributed by atoms with Crippen molar-refractivity contribution in [3.05, 3.63) is 47.5 Å². The van der Waals surface area contributed by atoms with Crippen LogP contribution in [0.4, 0.5) is 0 Å². The van der Waals surface area contributed by atoms with Crippen molar-refractivity contribution in [3.63, 3.8) is 0 Å². The minimum absolute atomic E-state index is 0.0106. The van der Waals surface area contributed by atoms with Crippen LogP contribution in [-0.2, 0) is 27.3 Å². The van der Waals surface area contributed by atoms with E-state index in [4.69, 9.17) is 9.90 Å². The zero-order valence-corrected chi connectivity index (χ0v) is 18.0. The van der Waals surface area contributed by atoms with Crippen molar-refractivity contribution in [2.45, 2.75) is 45.7 Å². The van der Waals surface area contributed by atoms with Gasteiger partial charge in [-0.05, 0) is 31.7 Å². The van der Waals surface area contributed by atoms with Crippen LogP contribution in [0.3, 0.4) is 0 Å². The van der Waals surface area contributed by atoms with Gasteiger partial charge in [-0.2, -0.15) is 0 Å². The van der Waals surface area contributed by atoms with E-state index in [-0.39, 0.29) is 30.2 Å². The summed E-state index contributed by atoms with van der Waals surface area (Å²) < 4.78 is 2.19. The third-order valence-electron chi connectivity index (χ3n) is 5.98. The molecule has 166 valence electrons. The number of hydrogen-bond donors (Lipinski definition) is 1. The molecule has 0 aliphatic carbocycles. The molecule has 9 nitrogen and oxygen atoms in total. The first-order valence-electron chi connectivity index (χ1n) is 10.5. The maximum atomic E-state index is 13.2. The lowest BCUT2D eigenvalue weighted by Gasteiger charge is -2.38. The summed E-state index contributed by atoms with van der Waals surface area (Å²) in [5, 5.41) is 15.5. The van der Waals surface area contributed by atoms with E-state index in [1.165, 1.54) is 5.56 Å². The van der Waals surface area contributed by atoms with Gasteiger partial charge in [-0.3, -0.25) is 14.4 Å². The molecular formula is C22H29N5O4. The first-order valence-corrected chi connectivity index (χ1v) is 10.5. The first kappa shape index (κ1) is 22.5. The number of aryl methyl sites for hydroxylation is 1. The van der Waals surface area contributed by atoms with Crippen molar-refractivity contribution in [2.75, 3.05) is 19.6 Å². The molecule has 1 atom stereocenters. The highest BCUT2D eigenvalue weighted by molar-refractivity contribution is 5.80. The molecule has 0 spiro atoms. The summed E-state index contributed by atoms with van der Waals surface area (Å²) in [4.78, 5) is 36.9. The van der Waals surface area contributed by atoms with Gasteiger partial charge in [0, 0.05) is 32.5 Å². The number of piperidine rings is 1. The molecule has 1 aromatic carbocycles. The second kappa shape index (κ2) is 10.2. The van der Waals surface area contributed by atoms with Crippen molar-refractivity contribution in [3.8, 4) is 0 Å². The van der Waals surface area contributed by atoms with Crippen molar-refractivity contribution in [1.29, 1.82) is 0 Å². The molecule has 1 saturated heterocycles. The maximum absolute atomic E-state index is 13.2. The van der Waals surface area contributed by atoms with Crippen LogP contribution in [0.1, 0.15) is 43.0 Å². The van der Waals surface area contributed by atoms with Gasteiger partial charge in [0.25, 0.3) is 6.47 Å². The first-order chi connectivity index (χ1) is 14.9. The van der Waals surface area contributed by atoms with Gasteiger partial charge in [-0.25, -0.2) is 0 Å². The van der Waals surface area contributed by atoms with Crippen molar-refractivity contribution in [1.82, 2.24) is 24.6 Å². The highest BCUT2D eigenvalue weighted by atomic mass is 16.3. The second-order valence-corrected chi connectivity index (χ2v) is 7.98. The number of rotatable bonds is 3. The Labute approximate surface area is 181 Å². The van der Waals surface area contributed by atoms with Gasteiger partial charge in [0.2, 0.25) is 11.8 Å². The van der Waals surface area contributed by atoms with Crippen LogP contribution in [0.25, 0.3) is 0 Å². The Hall–Kier alpha value is -3.23. The largest absolute Gasteiger partial charge is 0.483 e. The van der Waals surface area contributed by atoms with E-state index in [0.29, 0.717) is 26.2 Å². The number of likely N-dealkylation sites (tertiary alicyclic amines) is 1. The average Bonchev–Trinajstić information content (AvgIpc) is 3.15. The molecule has 0 bridgehead atoms. The number of carbonyl (C=O) groups excluding carboxylic acids is 2. The summed E-state index contributed by atoms with van der Waals surface area (Å²) >= 11 is 0. The van der Waals surface area contributed by atoms with Gasteiger partial charge in [0.05, 0.1) is 12.6 Å². The summed E-state index contributed by atoms with van der Waals surface area (Å²) in [5.74, 6) is 2.03. The van der Waals surface area contributed by atoms with Gasteiger partial charge in [-0.1, -0.05) is 30.3 Å². The van der Waals surface area contributed by atoms with E-state index in [1.807, 2.05) is 34.9 Å². The Kier molecular flexibility index (Phi) is 7.38. The molecule has 1 aromatic heterocycles. The fourth-order valence-electron chi connectivity index (χ4n) is 4.48. The number of nitrogens with zero attached hydrogens (tertiary/aromatic N) is 5. The quantitative estimate of drug-likeness (QED) is 0.747. The smallest absolute Gasteiger partial charge is 0.290 e. The van der Waals surface area contributed by atoms with Crippen LogP contribution in [0.5, 0.6) is 0 Å². The van der Waals surface area contributed by atoms with E-state index >= 15 is 0 Å². The fourth-order valence-corrected chi connectivity index (χ4v) is 4.48. The van der Waals surface area contributed by atoms with E-state index in [0.717, 1.165) is 30.9 Å². The van der Waals surface area contributed by atoms with Gasteiger partial charge in [0.1, 0.15) is 5.82 Å². The predicted molar refractivity (Wildman–Crippen MR) is 113 cm³/mol. The van der Waals surface area contributed by atoms with Crippen LogP contribution in [0.15, 0.2) is 30.3 Å². The fraction of sp³-hybridized carbons (Fsp3) is 0.500. The molecule has 2 aliphatic rings. The molecule has 0 unspecified atom stereocenters. The normalized spacial score (nSPS) is 18.6. The molecule has 1 N–H and O–H groups in total. The number of benzene rings is 1. The van der Waals surface area contributed by atoms with Crippen LogP contribution in [0.2, 0.25) is 0 Å². The lowest BCUT2D eigenvalue weighted by atomic mass is 9.94. The maximum Gasteiger partial charge on any atom is 0.290 e. The molecule has 2 aromatic rings. The number of carbonyl (C=O) groups is 3. The molecule has 9 heteroatoms. The van der Waals surface area contributed by atoms with E-state index in [2.05, 4.69) is 26.9 Å². The van der Waals surface area contributed by atoms with Gasteiger partial charge < -0.3 is 19.5 Å². The third kappa shape index (κ3) is 5.28. The van der Waals surface area contributed by atoms with E-state index in [9.17, 15) is 9.59 Å². The number of aromatic nitrogens is 3. The summed E-state index contributed by atoms with van der Waals surface area (Å²) in [5.41, 5.74) is 1.25. The monoisotopic (exact) mass is 427 g/mol. The summed E-state index contributed by atoms with van der Waals surface area (Å²) in [7, 11) is 0. The van der Waals surface area contributed by atoms with Crippen molar-refractivity contribution < 1.29 is 19.5 Å². The van der Waals surface area contributed by atoms with Crippen molar-refractivity contribution >= 4 is 18.3 Å². The van der Waals surface area contributed by atoms with Gasteiger partial charge in [0.15, 0.2) is 5.82 Å². The van der Waals surface area contributed by atoms with Crippen LogP contribution in [0, 0.1) is 12.8 Å². The van der Waals surface area contributed by atoms with Gasteiger partial charge in [-0.15, -0.1) is 10.2 Å². The Morgan fingerprint density at radius 1 is 1.13 bits per heavy atom. The molecular weight excluding hydrogens is 398 g/mol. The minimum Gasteiger partial charge on any atom is -0.483 e. The lowest BCUT2D eigenvalue weighted by Crippen LogP contribution is -2.47. The Bertz CT molecular complexity index is 906. The van der Waals surface area contributed by atoms with Crippen LogP contribution in [-0.4, -0.2) is 67.6 Å². The zero-order valence-electron chi connectivity index (χ0n) is 18.0. The number of hydrogen-bond acceptors (Lipinski definition) is 5. The Balaban J connectivity index is 0.000000858. The Morgan fingerprint density at radius 2 is 1.77 bits per heavy atom. The molecule has 2 aliphatic heterocycles. The minimum atomic E-state index is -0.250. The number of carboxylic acid groups (broad SMARTS) is 1. The topological polar surface area (TPSA) is 109 Å². The summed E-state index contributed by atoms with van der Waals surface area (Å²) in [6.45, 7) is 5.84. The van der Waals surface area contributed by atoms with E-state index in [1.54, 1.807) is 6.92 Å². The zero-order chi connectivity index (χ0) is 22.4. The molecule has 3 heterocycles.